The second-order valence-electron chi connectivity index (χ2n) is 2.02. The number of ether oxygens (including phenoxy) is 1. The number of hydrogen-bond acceptors (Lipinski definition) is 4. The fourth-order valence-electron chi connectivity index (χ4n) is 0.415. The van der Waals surface area contributed by atoms with Crippen LogP contribution in [-0.2, 0) is 14.3 Å². The number of esters is 1. The summed E-state index contributed by atoms with van der Waals surface area (Å²) in [5, 5.41) is 10.4. The summed E-state index contributed by atoms with van der Waals surface area (Å²) < 4.78 is 4.14. The van der Waals surface area contributed by atoms with E-state index in [9.17, 15) is 9.59 Å². The van der Waals surface area contributed by atoms with Crippen LogP contribution in [0.15, 0.2) is 12.7 Å². The summed E-state index contributed by atoms with van der Waals surface area (Å²) in [6.07, 6.45) is 1.08. The van der Waals surface area contributed by atoms with Crippen LogP contribution in [0.25, 0.3) is 0 Å². The van der Waals surface area contributed by atoms with Gasteiger partial charge in [-0.25, -0.2) is 4.79 Å². The number of methoxy groups -OCH3 is 1. The maximum absolute atomic E-state index is 10.3. The maximum Gasteiger partial charge on any atom is 0.329 e. The first-order chi connectivity index (χ1) is 6.62. The van der Waals surface area contributed by atoms with E-state index >= 15 is 0 Å². The Bertz CT molecular complexity index is 231. The Morgan fingerprint density at radius 3 is 2.43 bits per heavy atom. The van der Waals surface area contributed by atoms with Crippen LogP contribution in [0.4, 0.5) is 0 Å². The topological polar surface area (TPSA) is 79.2 Å². The molecular weight excluding hydrogens is 184 g/mol. The average Bonchev–Trinajstić information content (AvgIpc) is 2.18. The van der Waals surface area contributed by atoms with Gasteiger partial charge in [-0.2, -0.15) is 5.26 Å². The van der Waals surface area contributed by atoms with E-state index < -0.39 is 5.97 Å². The lowest BCUT2D eigenvalue weighted by Crippen LogP contribution is -2.21. The third-order valence-electron chi connectivity index (χ3n) is 0.981. The second-order valence-corrected chi connectivity index (χ2v) is 2.02. The van der Waals surface area contributed by atoms with Crippen LogP contribution in [0.3, 0.4) is 0 Å². The molecule has 1 amide bonds. The zero-order chi connectivity index (χ0) is 11.4. The van der Waals surface area contributed by atoms with Crippen molar-refractivity contribution in [3.05, 3.63) is 12.7 Å². The fourth-order valence-corrected chi connectivity index (χ4v) is 0.415. The van der Waals surface area contributed by atoms with Crippen molar-refractivity contribution < 1.29 is 14.3 Å². The van der Waals surface area contributed by atoms with Gasteiger partial charge >= 0.3 is 5.97 Å². The van der Waals surface area contributed by atoms with Crippen LogP contribution < -0.4 is 5.32 Å². The van der Waals surface area contributed by atoms with E-state index in [1.54, 1.807) is 6.07 Å². The van der Waals surface area contributed by atoms with E-state index in [-0.39, 0.29) is 12.3 Å². The molecule has 0 fully saturated rings. The van der Waals surface area contributed by atoms with Gasteiger partial charge in [0.15, 0.2) is 0 Å². The highest BCUT2D eigenvalue weighted by Gasteiger charge is 1.93. The molecule has 78 valence electrons. The Balaban J connectivity index is 0. The van der Waals surface area contributed by atoms with Crippen molar-refractivity contribution >= 4 is 11.9 Å². The molecule has 0 aromatic heterocycles. The van der Waals surface area contributed by atoms with E-state index in [0.717, 1.165) is 6.08 Å². The first kappa shape index (κ1) is 14.7. The van der Waals surface area contributed by atoms with Gasteiger partial charge in [0.2, 0.25) is 5.91 Å². The number of carbonyl (C=O) groups excluding carboxylic acids is 2. The molecule has 5 nitrogen and oxygen atoms in total. The number of nitriles is 1. The van der Waals surface area contributed by atoms with Gasteiger partial charge in [-0.15, -0.1) is 0 Å². The molecule has 0 saturated heterocycles. The van der Waals surface area contributed by atoms with E-state index in [2.05, 4.69) is 16.6 Å². The molecule has 0 saturated carbocycles. The van der Waals surface area contributed by atoms with E-state index in [1.807, 2.05) is 6.92 Å². The minimum Gasteiger partial charge on any atom is -0.466 e. The van der Waals surface area contributed by atoms with Crippen LogP contribution >= 0.6 is 0 Å². The molecule has 0 rings (SSSR count). The van der Waals surface area contributed by atoms with E-state index in [0.29, 0.717) is 6.54 Å². The highest BCUT2D eigenvalue weighted by Crippen LogP contribution is 1.71. The highest BCUT2D eigenvalue weighted by molar-refractivity contribution is 5.80. The molecule has 0 aliphatic heterocycles. The zero-order valence-corrected chi connectivity index (χ0v) is 8.37. The standard InChI is InChI=1S/C5H8N2O.C4H6O2/c1-2-7-5(8)3-4-6;1-3-4(5)6-2/h2-3H2,1H3,(H,7,8);3H,1H2,2H3. The number of carbonyl (C=O) groups is 2. The first-order valence-corrected chi connectivity index (χ1v) is 3.96. The number of hydrogen-bond donors (Lipinski definition) is 1. The molecule has 0 aliphatic carbocycles. The largest absolute Gasteiger partial charge is 0.466 e. The molecule has 5 heteroatoms. The predicted molar refractivity (Wildman–Crippen MR) is 51.1 cm³/mol. The summed E-state index contributed by atoms with van der Waals surface area (Å²) in [6, 6.07) is 1.74. The lowest BCUT2D eigenvalue weighted by atomic mass is 10.4. The molecule has 0 aromatic carbocycles. The highest BCUT2D eigenvalue weighted by atomic mass is 16.5. The normalized spacial score (nSPS) is 7.21. The van der Waals surface area contributed by atoms with Gasteiger partial charge in [0.1, 0.15) is 6.42 Å². The maximum atomic E-state index is 10.3. The van der Waals surface area contributed by atoms with Gasteiger partial charge in [-0.1, -0.05) is 6.58 Å². The van der Waals surface area contributed by atoms with Crippen molar-refractivity contribution in [2.24, 2.45) is 0 Å². The van der Waals surface area contributed by atoms with Crippen molar-refractivity contribution in [2.45, 2.75) is 13.3 Å². The zero-order valence-electron chi connectivity index (χ0n) is 8.37. The Kier molecular flexibility index (Phi) is 11.7. The minimum absolute atomic E-state index is 0.0339. The molecule has 0 aromatic rings. The van der Waals surface area contributed by atoms with Crippen molar-refractivity contribution in [1.29, 1.82) is 5.26 Å². The number of nitrogens with one attached hydrogen (secondary N) is 1. The Morgan fingerprint density at radius 2 is 2.21 bits per heavy atom. The molecule has 0 heterocycles. The predicted octanol–water partition coefficient (Wildman–Crippen LogP) is 0.382. The van der Waals surface area contributed by atoms with Crippen LogP contribution in [0.2, 0.25) is 0 Å². The van der Waals surface area contributed by atoms with Gasteiger partial charge in [0.25, 0.3) is 0 Å². The van der Waals surface area contributed by atoms with Crippen LogP contribution in [0.1, 0.15) is 13.3 Å². The summed E-state index contributed by atoms with van der Waals surface area (Å²) in [4.78, 5) is 20.1. The van der Waals surface area contributed by atoms with Gasteiger partial charge < -0.3 is 10.1 Å². The summed E-state index contributed by atoms with van der Waals surface area (Å²) in [6.45, 7) is 5.57. The summed E-state index contributed by atoms with van der Waals surface area (Å²) in [5.41, 5.74) is 0. The second kappa shape index (κ2) is 11.2. The third kappa shape index (κ3) is 12.8. The third-order valence-corrected chi connectivity index (χ3v) is 0.981. The molecule has 1 N–H and O–H groups in total. The molecule has 0 aliphatic rings. The van der Waals surface area contributed by atoms with Gasteiger partial charge in [0, 0.05) is 12.6 Å². The average molecular weight is 198 g/mol. The number of nitrogens with zero attached hydrogens (tertiary/aromatic N) is 1. The van der Waals surface area contributed by atoms with Crippen molar-refractivity contribution in [3.8, 4) is 6.07 Å². The summed E-state index contributed by atoms with van der Waals surface area (Å²) in [5.74, 6) is -0.593. The summed E-state index contributed by atoms with van der Waals surface area (Å²) >= 11 is 0. The van der Waals surface area contributed by atoms with E-state index in [4.69, 9.17) is 5.26 Å². The van der Waals surface area contributed by atoms with Crippen LogP contribution in [0, 0.1) is 11.3 Å². The van der Waals surface area contributed by atoms with Gasteiger partial charge in [0.05, 0.1) is 13.2 Å². The molecule has 14 heavy (non-hydrogen) atoms. The van der Waals surface area contributed by atoms with Gasteiger partial charge in [-0.05, 0) is 6.92 Å². The summed E-state index contributed by atoms with van der Waals surface area (Å²) in [7, 11) is 1.31. The molecular formula is C9H14N2O3. The molecule has 0 radical (unpaired) electrons. The molecule has 0 bridgehead atoms. The monoisotopic (exact) mass is 198 g/mol. The van der Waals surface area contributed by atoms with Gasteiger partial charge in [-0.3, -0.25) is 4.79 Å². The molecule has 0 atom stereocenters. The molecule has 0 unspecified atom stereocenters. The smallest absolute Gasteiger partial charge is 0.329 e. The van der Waals surface area contributed by atoms with E-state index in [1.165, 1.54) is 7.11 Å². The number of rotatable bonds is 3. The van der Waals surface area contributed by atoms with Crippen LogP contribution in [0.5, 0.6) is 0 Å². The first-order valence-electron chi connectivity index (χ1n) is 3.96. The van der Waals surface area contributed by atoms with Crippen molar-refractivity contribution in [2.75, 3.05) is 13.7 Å². The lowest BCUT2D eigenvalue weighted by Gasteiger charge is -1.92. The van der Waals surface area contributed by atoms with Crippen LogP contribution in [-0.4, -0.2) is 25.5 Å². The quantitative estimate of drug-likeness (QED) is 0.525. The lowest BCUT2D eigenvalue weighted by molar-refractivity contribution is -0.134. The Hall–Kier alpha value is -1.83. The minimum atomic E-state index is -0.394. The van der Waals surface area contributed by atoms with Crippen molar-refractivity contribution in [3.63, 3.8) is 0 Å². The fraction of sp³-hybridized carbons (Fsp3) is 0.444. The Morgan fingerprint density at radius 1 is 1.64 bits per heavy atom. The van der Waals surface area contributed by atoms with Crippen molar-refractivity contribution in [1.82, 2.24) is 5.32 Å². The molecule has 0 spiro atoms. The SMILES string of the molecule is C=CC(=O)OC.CCNC(=O)CC#N. The number of amides is 1. The Labute approximate surface area is 83.4 Å².